The summed E-state index contributed by atoms with van der Waals surface area (Å²) in [7, 11) is 0. The van der Waals surface area contributed by atoms with Gasteiger partial charge >= 0.3 is 0 Å². The van der Waals surface area contributed by atoms with Crippen molar-refractivity contribution in [2.75, 3.05) is 18.4 Å². The van der Waals surface area contributed by atoms with Crippen LogP contribution < -0.4 is 11.1 Å². The largest absolute Gasteiger partial charge is 0.340 e. The lowest BCUT2D eigenvalue weighted by atomic mass is 10.1. The van der Waals surface area contributed by atoms with Crippen molar-refractivity contribution >= 4 is 29.0 Å². The van der Waals surface area contributed by atoms with Gasteiger partial charge in [-0.25, -0.2) is 9.37 Å². The topological polar surface area (TPSA) is 76.2 Å². The first-order valence-electron chi connectivity index (χ1n) is 8.91. The fourth-order valence-corrected chi connectivity index (χ4v) is 3.40. The Kier molecular flexibility index (Phi) is 5.02. The third-order valence-corrected chi connectivity index (χ3v) is 4.98. The van der Waals surface area contributed by atoms with Gasteiger partial charge < -0.3 is 20.5 Å². The molecule has 6 nitrogen and oxygen atoms in total. The Morgan fingerprint density at radius 3 is 2.54 bits per heavy atom. The van der Waals surface area contributed by atoms with Gasteiger partial charge in [-0.1, -0.05) is 23.7 Å². The van der Waals surface area contributed by atoms with Crippen LogP contribution in [-0.4, -0.2) is 33.4 Å². The standard InChI is InChI=1S/C20H19ClFN5O/c21-14-3-1-13(2-4-14)19-20(24-16-7-5-15(22)6-8-16)27-10-9-26(18(28)11-23)12-17(27)25-19/h1-8,24H,9-12,23H2. The molecule has 0 spiro atoms. The van der Waals surface area contributed by atoms with Gasteiger partial charge in [0, 0.05) is 29.4 Å². The Balaban J connectivity index is 1.76. The van der Waals surface area contributed by atoms with E-state index in [2.05, 4.69) is 5.32 Å². The molecule has 2 aromatic carbocycles. The number of benzene rings is 2. The lowest BCUT2D eigenvalue weighted by molar-refractivity contribution is -0.131. The molecule has 1 aliphatic rings. The molecule has 0 unspecified atom stereocenters. The molecule has 1 aromatic heterocycles. The van der Waals surface area contributed by atoms with Crippen LogP contribution in [0.1, 0.15) is 5.82 Å². The molecular formula is C20H19ClFN5O. The second-order valence-corrected chi connectivity index (χ2v) is 6.97. The molecule has 0 saturated heterocycles. The van der Waals surface area contributed by atoms with Crippen LogP contribution in [0, 0.1) is 5.82 Å². The van der Waals surface area contributed by atoms with Crippen LogP contribution in [0.5, 0.6) is 0 Å². The number of aromatic nitrogens is 2. The number of nitrogens with zero attached hydrogens (tertiary/aromatic N) is 3. The number of halogens is 2. The Hall–Kier alpha value is -2.90. The number of imidazole rings is 1. The summed E-state index contributed by atoms with van der Waals surface area (Å²) in [6, 6.07) is 13.6. The zero-order chi connectivity index (χ0) is 19.7. The minimum Gasteiger partial charge on any atom is -0.340 e. The van der Waals surface area contributed by atoms with Gasteiger partial charge in [-0.15, -0.1) is 0 Å². The maximum Gasteiger partial charge on any atom is 0.236 e. The van der Waals surface area contributed by atoms with E-state index < -0.39 is 0 Å². The fraction of sp³-hybridized carbons (Fsp3) is 0.200. The maximum absolute atomic E-state index is 13.3. The molecule has 0 saturated carbocycles. The Morgan fingerprint density at radius 1 is 1.14 bits per heavy atom. The summed E-state index contributed by atoms with van der Waals surface area (Å²) in [6.07, 6.45) is 0. The van der Waals surface area contributed by atoms with E-state index in [1.807, 2.05) is 16.7 Å². The summed E-state index contributed by atoms with van der Waals surface area (Å²) in [5.41, 5.74) is 7.90. The predicted molar refractivity (Wildman–Crippen MR) is 107 cm³/mol. The van der Waals surface area contributed by atoms with E-state index in [0.717, 1.165) is 28.6 Å². The molecule has 144 valence electrons. The van der Waals surface area contributed by atoms with Crippen molar-refractivity contribution in [3.63, 3.8) is 0 Å². The molecule has 2 heterocycles. The highest BCUT2D eigenvalue weighted by molar-refractivity contribution is 6.30. The molecule has 0 fully saturated rings. The third-order valence-electron chi connectivity index (χ3n) is 4.72. The summed E-state index contributed by atoms with van der Waals surface area (Å²) in [4.78, 5) is 18.5. The minimum atomic E-state index is -0.297. The molecule has 0 aliphatic carbocycles. The smallest absolute Gasteiger partial charge is 0.236 e. The van der Waals surface area contributed by atoms with Gasteiger partial charge in [0.05, 0.1) is 13.1 Å². The van der Waals surface area contributed by atoms with Crippen molar-refractivity contribution in [1.29, 1.82) is 0 Å². The highest BCUT2D eigenvalue weighted by atomic mass is 35.5. The summed E-state index contributed by atoms with van der Waals surface area (Å²) in [5, 5.41) is 3.99. The second kappa shape index (κ2) is 7.61. The van der Waals surface area contributed by atoms with Gasteiger partial charge in [-0.05, 0) is 36.4 Å². The quantitative estimate of drug-likeness (QED) is 0.705. The van der Waals surface area contributed by atoms with Crippen molar-refractivity contribution in [1.82, 2.24) is 14.5 Å². The fourth-order valence-electron chi connectivity index (χ4n) is 3.28. The van der Waals surface area contributed by atoms with Gasteiger partial charge in [0.1, 0.15) is 23.2 Å². The van der Waals surface area contributed by atoms with Crippen molar-refractivity contribution < 1.29 is 9.18 Å². The van der Waals surface area contributed by atoms with Crippen LogP contribution in [0.25, 0.3) is 11.3 Å². The average Bonchev–Trinajstić information content (AvgIpc) is 3.07. The predicted octanol–water partition coefficient (Wildman–Crippen LogP) is 3.39. The van der Waals surface area contributed by atoms with Gasteiger partial charge in [0.25, 0.3) is 0 Å². The van der Waals surface area contributed by atoms with Gasteiger partial charge in [0.2, 0.25) is 5.91 Å². The van der Waals surface area contributed by atoms with E-state index in [1.54, 1.807) is 29.2 Å². The lowest BCUT2D eigenvalue weighted by Gasteiger charge is -2.28. The number of hydrogen-bond donors (Lipinski definition) is 2. The number of nitrogens with two attached hydrogens (primary N) is 1. The molecule has 0 atom stereocenters. The van der Waals surface area contributed by atoms with Gasteiger partial charge in [-0.2, -0.15) is 0 Å². The zero-order valence-electron chi connectivity index (χ0n) is 15.0. The zero-order valence-corrected chi connectivity index (χ0v) is 15.8. The van der Waals surface area contributed by atoms with Crippen molar-refractivity contribution in [3.8, 4) is 11.3 Å². The van der Waals surface area contributed by atoms with Crippen LogP contribution >= 0.6 is 11.6 Å². The number of fused-ring (bicyclic) bond motifs is 1. The molecule has 0 bridgehead atoms. The van der Waals surface area contributed by atoms with E-state index in [9.17, 15) is 9.18 Å². The van der Waals surface area contributed by atoms with Crippen molar-refractivity contribution in [3.05, 3.63) is 65.2 Å². The Bertz CT molecular complexity index is 1000. The number of anilines is 2. The number of rotatable bonds is 4. The molecule has 4 rings (SSSR count). The highest BCUT2D eigenvalue weighted by Gasteiger charge is 2.26. The minimum absolute atomic E-state index is 0.0224. The van der Waals surface area contributed by atoms with E-state index >= 15 is 0 Å². The molecule has 28 heavy (non-hydrogen) atoms. The van der Waals surface area contributed by atoms with E-state index in [4.69, 9.17) is 22.3 Å². The summed E-state index contributed by atoms with van der Waals surface area (Å²) >= 11 is 6.02. The van der Waals surface area contributed by atoms with Crippen LogP contribution in [0.3, 0.4) is 0 Å². The molecule has 3 aromatic rings. The first-order valence-corrected chi connectivity index (χ1v) is 9.28. The summed E-state index contributed by atoms with van der Waals surface area (Å²) < 4.78 is 15.3. The molecule has 0 radical (unpaired) electrons. The van der Waals surface area contributed by atoms with Crippen LogP contribution in [0.4, 0.5) is 15.9 Å². The molecule has 3 N–H and O–H groups in total. The average molecular weight is 400 g/mol. The number of amides is 1. The summed E-state index contributed by atoms with van der Waals surface area (Å²) in [6.45, 7) is 1.51. The summed E-state index contributed by atoms with van der Waals surface area (Å²) in [5.74, 6) is 1.16. The normalized spacial score (nSPS) is 13.3. The number of carbonyl (C=O) groups excluding carboxylic acids is 1. The lowest BCUT2D eigenvalue weighted by Crippen LogP contribution is -2.41. The molecule has 1 amide bonds. The highest BCUT2D eigenvalue weighted by Crippen LogP contribution is 2.33. The van der Waals surface area contributed by atoms with Crippen LogP contribution in [0.2, 0.25) is 5.02 Å². The Morgan fingerprint density at radius 2 is 1.86 bits per heavy atom. The van der Waals surface area contributed by atoms with Crippen LogP contribution in [0.15, 0.2) is 48.5 Å². The van der Waals surface area contributed by atoms with E-state index in [-0.39, 0.29) is 18.3 Å². The number of nitrogens with one attached hydrogen (secondary N) is 1. The van der Waals surface area contributed by atoms with E-state index in [1.165, 1.54) is 12.1 Å². The van der Waals surface area contributed by atoms with Crippen molar-refractivity contribution in [2.45, 2.75) is 13.1 Å². The van der Waals surface area contributed by atoms with Gasteiger partial charge in [-0.3, -0.25) is 4.79 Å². The monoisotopic (exact) mass is 399 g/mol. The van der Waals surface area contributed by atoms with Gasteiger partial charge in [0.15, 0.2) is 0 Å². The van der Waals surface area contributed by atoms with E-state index in [0.29, 0.717) is 24.7 Å². The number of hydrogen-bond acceptors (Lipinski definition) is 4. The Labute approximate surface area is 166 Å². The third kappa shape index (κ3) is 3.58. The molecular weight excluding hydrogens is 381 g/mol. The maximum atomic E-state index is 13.3. The van der Waals surface area contributed by atoms with Crippen LogP contribution in [-0.2, 0) is 17.9 Å². The van der Waals surface area contributed by atoms with Crippen molar-refractivity contribution in [2.24, 2.45) is 5.73 Å². The second-order valence-electron chi connectivity index (χ2n) is 6.54. The number of carbonyl (C=O) groups is 1. The molecule has 1 aliphatic heterocycles. The molecule has 8 heteroatoms. The SMILES string of the molecule is NCC(=O)N1CCn2c(nc(-c3ccc(Cl)cc3)c2Nc2ccc(F)cc2)C1. The first kappa shape index (κ1) is 18.5. The first-order chi connectivity index (χ1) is 13.5.